The highest BCUT2D eigenvalue weighted by Gasteiger charge is 2.17. The fraction of sp³-hybridized carbons (Fsp3) is 0.636. The van der Waals surface area contributed by atoms with Crippen molar-refractivity contribution >= 4 is 23.2 Å². The zero-order valence-corrected chi connectivity index (χ0v) is 11.3. The van der Waals surface area contributed by atoms with Gasteiger partial charge in [-0.15, -0.1) is 0 Å². The fourth-order valence-corrected chi connectivity index (χ4v) is 2.16. The number of hydrogen-bond donors (Lipinski definition) is 0. The molecule has 90 valence electrons. The summed E-state index contributed by atoms with van der Waals surface area (Å²) in [5.41, 5.74) is 0.790. The van der Waals surface area contributed by atoms with Crippen LogP contribution in [-0.2, 0) is 11.2 Å². The van der Waals surface area contributed by atoms with Gasteiger partial charge in [-0.1, -0.05) is 43.5 Å². The molecule has 3 nitrogen and oxygen atoms in total. The lowest BCUT2D eigenvalue weighted by atomic mass is 10.2. The van der Waals surface area contributed by atoms with Crippen molar-refractivity contribution in [1.82, 2.24) is 9.97 Å². The van der Waals surface area contributed by atoms with E-state index in [0.717, 1.165) is 24.8 Å². The van der Waals surface area contributed by atoms with Crippen LogP contribution in [0.25, 0.3) is 0 Å². The zero-order valence-electron chi connectivity index (χ0n) is 9.76. The van der Waals surface area contributed by atoms with Gasteiger partial charge in [0, 0.05) is 12.7 Å². The molecule has 0 fully saturated rings. The summed E-state index contributed by atoms with van der Waals surface area (Å²) < 4.78 is 5.32. The van der Waals surface area contributed by atoms with Gasteiger partial charge >= 0.3 is 0 Å². The van der Waals surface area contributed by atoms with Crippen LogP contribution in [0.15, 0.2) is 0 Å². The molecule has 1 heterocycles. The zero-order chi connectivity index (χ0) is 12.1. The molecule has 1 aromatic rings. The van der Waals surface area contributed by atoms with Gasteiger partial charge in [-0.3, -0.25) is 0 Å². The van der Waals surface area contributed by atoms with E-state index < -0.39 is 0 Å². The van der Waals surface area contributed by atoms with E-state index in [4.69, 9.17) is 27.9 Å². The molecule has 0 amide bonds. The average molecular weight is 263 g/mol. The standard InChI is InChI=1S/C11H16Cl2N2O/c1-4-6-8(16-3)11-14-9(12)7(5-2)10(13)15-11/h8H,4-6H2,1-3H3. The highest BCUT2D eigenvalue weighted by Crippen LogP contribution is 2.26. The van der Waals surface area contributed by atoms with Gasteiger partial charge in [0.05, 0.1) is 0 Å². The van der Waals surface area contributed by atoms with E-state index in [-0.39, 0.29) is 6.10 Å². The van der Waals surface area contributed by atoms with Crippen LogP contribution in [0.1, 0.15) is 44.2 Å². The first kappa shape index (κ1) is 13.7. The predicted octanol–water partition coefficient (Wildman–Crippen LogP) is 3.83. The number of methoxy groups -OCH3 is 1. The molecule has 0 saturated carbocycles. The lowest BCUT2D eigenvalue weighted by molar-refractivity contribution is 0.0876. The summed E-state index contributed by atoms with van der Waals surface area (Å²) in [5.74, 6) is 0.566. The number of aromatic nitrogens is 2. The molecule has 0 aliphatic rings. The third kappa shape index (κ3) is 3.06. The number of nitrogens with zero attached hydrogens (tertiary/aromatic N) is 2. The van der Waals surface area contributed by atoms with E-state index in [0.29, 0.717) is 16.1 Å². The minimum atomic E-state index is -0.133. The normalized spacial score (nSPS) is 12.8. The van der Waals surface area contributed by atoms with Gasteiger partial charge < -0.3 is 4.74 Å². The van der Waals surface area contributed by atoms with Crippen LogP contribution in [0.2, 0.25) is 10.3 Å². The second kappa shape index (κ2) is 6.38. The first-order chi connectivity index (χ1) is 7.63. The van der Waals surface area contributed by atoms with Crippen LogP contribution in [0.3, 0.4) is 0 Å². The minimum absolute atomic E-state index is 0.133. The molecule has 0 N–H and O–H groups in total. The Morgan fingerprint density at radius 1 is 1.19 bits per heavy atom. The van der Waals surface area contributed by atoms with Crippen molar-refractivity contribution in [2.75, 3.05) is 7.11 Å². The Bertz CT molecular complexity index is 335. The molecule has 0 bridgehead atoms. The third-order valence-corrected chi connectivity index (χ3v) is 3.03. The maximum Gasteiger partial charge on any atom is 0.160 e. The van der Waals surface area contributed by atoms with E-state index >= 15 is 0 Å². The van der Waals surface area contributed by atoms with E-state index in [2.05, 4.69) is 16.9 Å². The maximum absolute atomic E-state index is 6.04. The van der Waals surface area contributed by atoms with Crippen molar-refractivity contribution in [1.29, 1.82) is 0 Å². The summed E-state index contributed by atoms with van der Waals surface area (Å²) in [7, 11) is 1.64. The van der Waals surface area contributed by atoms with E-state index in [1.54, 1.807) is 7.11 Å². The lowest BCUT2D eigenvalue weighted by Gasteiger charge is -2.14. The fourth-order valence-electron chi connectivity index (χ4n) is 1.50. The van der Waals surface area contributed by atoms with Crippen molar-refractivity contribution < 1.29 is 4.74 Å². The third-order valence-electron chi connectivity index (χ3n) is 2.40. The molecule has 0 saturated heterocycles. The molecule has 0 aliphatic heterocycles. The van der Waals surface area contributed by atoms with Gasteiger partial charge in [0.2, 0.25) is 0 Å². The van der Waals surface area contributed by atoms with Crippen LogP contribution in [0.4, 0.5) is 0 Å². The van der Waals surface area contributed by atoms with Crippen molar-refractivity contribution in [3.05, 3.63) is 21.7 Å². The van der Waals surface area contributed by atoms with Crippen molar-refractivity contribution in [3.8, 4) is 0 Å². The van der Waals surface area contributed by atoms with Crippen molar-refractivity contribution in [2.45, 2.75) is 39.2 Å². The largest absolute Gasteiger partial charge is 0.373 e. The first-order valence-electron chi connectivity index (χ1n) is 5.38. The molecule has 1 aromatic heterocycles. The SMILES string of the molecule is CCCC(OC)c1nc(Cl)c(CC)c(Cl)n1. The maximum atomic E-state index is 6.04. The van der Waals surface area contributed by atoms with Gasteiger partial charge in [0.1, 0.15) is 16.4 Å². The molecule has 5 heteroatoms. The summed E-state index contributed by atoms with van der Waals surface area (Å²) in [6.45, 7) is 4.05. The Morgan fingerprint density at radius 2 is 1.75 bits per heavy atom. The van der Waals surface area contributed by atoms with Gasteiger partial charge in [0.25, 0.3) is 0 Å². The number of hydrogen-bond acceptors (Lipinski definition) is 3. The quantitative estimate of drug-likeness (QED) is 0.757. The van der Waals surface area contributed by atoms with E-state index in [1.165, 1.54) is 0 Å². The Hall–Kier alpha value is -0.380. The Labute approximate surface area is 106 Å². The number of halogens is 2. The Balaban J connectivity index is 3.06. The summed E-state index contributed by atoms with van der Waals surface area (Å²) >= 11 is 12.1. The smallest absolute Gasteiger partial charge is 0.160 e. The number of ether oxygens (including phenoxy) is 1. The van der Waals surface area contributed by atoms with Gasteiger partial charge in [-0.25, -0.2) is 9.97 Å². The molecular formula is C11H16Cl2N2O. The van der Waals surface area contributed by atoms with Gasteiger partial charge in [-0.2, -0.15) is 0 Å². The topological polar surface area (TPSA) is 35.0 Å². The molecule has 0 spiro atoms. The molecule has 1 unspecified atom stereocenters. The molecule has 0 aromatic carbocycles. The summed E-state index contributed by atoms with van der Waals surface area (Å²) in [4.78, 5) is 8.48. The molecule has 0 radical (unpaired) electrons. The summed E-state index contributed by atoms with van der Waals surface area (Å²) in [5, 5.41) is 0.853. The highest BCUT2D eigenvalue weighted by molar-refractivity contribution is 6.34. The van der Waals surface area contributed by atoms with Crippen LogP contribution < -0.4 is 0 Å². The lowest BCUT2D eigenvalue weighted by Crippen LogP contribution is -2.08. The Morgan fingerprint density at radius 3 is 2.12 bits per heavy atom. The molecule has 16 heavy (non-hydrogen) atoms. The van der Waals surface area contributed by atoms with Crippen LogP contribution >= 0.6 is 23.2 Å². The highest BCUT2D eigenvalue weighted by atomic mass is 35.5. The van der Waals surface area contributed by atoms with E-state index in [9.17, 15) is 0 Å². The molecular weight excluding hydrogens is 247 g/mol. The summed E-state index contributed by atoms with van der Waals surface area (Å²) in [6.07, 6.45) is 2.44. The van der Waals surface area contributed by atoms with Crippen LogP contribution in [0, 0.1) is 0 Å². The predicted molar refractivity (Wildman–Crippen MR) is 66.1 cm³/mol. The Kier molecular flexibility index (Phi) is 5.46. The van der Waals surface area contributed by atoms with Gasteiger partial charge in [0.15, 0.2) is 5.82 Å². The monoisotopic (exact) mass is 262 g/mol. The van der Waals surface area contributed by atoms with Crippen molar-refractivity contribution in [2.24, 2.45) is 0 Å². The van der Waals surface area contributed by atoms with Gasteiger partial charge in [-0.05, 0) is 12.8 Å². The minimum Gasteiger partial charge on any atom is -0.373 e. The molecule has 1 rings (SSSR count). The van der Waals surface area contributed by atoms with E-state index in [1.807, 2.05) is 6.92 Å². The molecule has 0 aliphatic carbocycles. The number of rotatable bonds is 5. The second-order valence-corrected chi connectivity index (χ2v) is 4.22. The molecule has 1 atom stereocenters. The second-order valence-electron chi connectivity index (χ2n) is 3.51. The van der Waals surface area contributed by atoms with Crippen LogP contribution in [0.5, 0.6) is 0 Å². The van der Waals surface area contributed by atoms with Crippen LogP contribution in [-0.4, -0.2) is 17.1 Å². The first-order valence-corrected chi connectivity index (χ1v) is 6.14. The average Bonchev–Trinajstić information content (AvgIpc) is 2.25. The van der Waals surface area contributed by atoms with Crippen molar-refractivity contribution in [3.63, 3.8) is 0 Å². The summed E-state index contributed by atoms with van der Waals surface area (Å²) in [6, 6.07) is 0.